The average molecular weight is 203 g/mol. The molecule has 3 heteroatoms. The van der Waals surface area contributed by atoms with E-state index in [0.717, 1.165) is 17.8 Å². The molecule has 15 heavy (non-hydrogen) atoms. The van der Waals surface area contributed by atoms with Gasteiger partial charge in [0.15, 0.2) is 0 Å². The lowest BCUT2D eigenvalue weighted by atomic mass is 10.3. The van der Waals surface area contributed by atoms with E-state index in [-0.39, 0.29) is 0 Å². The minimum atomic E-state index is 0.612. The van der Waals surface area contributed by atoms with E-state index >= 15 is 0 Å². The fraction of sp³-hybridized carbons (Fsp3) is 0.333. The Kier molecular flexibility index (Phi) is 5.15. The Labute approximate surface area is 91.0 Å². The van der Waals surface area contributed by atoms with Crippen LogP contribution >= 0.6 is 0 Å². The van der Waals surface area contributed by atoms with Crippen LogP contribution in [0.5, 0.6) is 0 Å². The molecule has 0 radical (unpaired) electrons. The molecule has 1 N–H and O–H groups in total. The molecule has 1 aromatic carbocycles. The van der Waals surface area contributed by atoms with Crippen molar-refractivity contribution in [3.63, 3.8) is 0 Å². The summed E-state index contributed by atoms with van der Waals surface area (Å²) in [4.78, 5) is 8.29. The van der Waals surface area contributed by atoms with Gasteiger partial charge in [-0.3, -0.25) is 9.98 Å². The number of rotatable bonds is 5. The zero-order chi connectivity index (χ0) is 10.9. The number of hydrogen-bond acceptors (Lipinski definition) is 3. The van der Waals surface area contributed by atoms with Crippen molar-refractivity contribution in [2.24, 2.45) is 9.98 Å². The molecule has 0 aliphatic heterocycles. The molecule has 0 saturated heterocycles. The van der Waals surface area contributed by atoms with Crippen LogP contribution in [0.3, 0.4) is 0 Å². The molecule has 80 valence electrons. The van der Waals surface area contributed by atoms with Gasteiger partial charge in [-0.05, 0) is 19.1 Å². The number of anilines is 1. The number of hydrogen-bond donors (Lipinski definition) is 1. The summed E-state index contributed by atoms with van der Waals surface area (Å²) in [5.74, 6) is 0. The maximum absolute atomic E-state index is 4.24. The van der Waals surface area contributed by atoms with Crippen molar-refractivity contribution in [3.8, 4) is 0 Å². The number of para-hydroxylation sites is 1. The van der Waals surface area contributed by atoms with Crippen molar-refractivity contribution in [2.75, 3.05) is 19.0 Å². The highest BCUT2D eigenvalue weighted by atomic mass is 15.0. The Hall–Kier alpha value is -1.64. The molecular formula is C12H17N3. The molecule has 0 amide bonds. The van der Waals surface area contributed by atoms with Crippen LogP contribution in [0.1, 0.15) is 13.3 Å². The van der Waals surface area contributed by atoms with Gasteiger partial charge >= 0.3 is 0 Å². The number of benzene rings is 1. The summed E-state index contributed by atoms with van der Waals surface area (Å²) in [7, 11) is 1.80. The minimum Gasteiger partial charge on any atom is -0.366 e. The Balaban J connectivity index is 2.22. The quantitative estimate of drug-likeness (QED) is 0.734. The van der Waals surface area contributed by atoms with Gasteiger partial charge < -0.3 is 5.32 Å². The lowest BCUT2D eigenvalue weighted by Gasteiger charge is -2.01. The maximum Gasteiger partial charge on any atom is 0.107 e. The van der Waals surface area contributed by atoms with Gasteiger partial charge in [0.2, 0.25) is 0 Å². The van der Waals surface area contributed by atoms with Crippen molar-refractivity contribution in [1.82, 2.24) is 0 Å². The Morgan fingerprint density at radius 1 is 1.33 bits per heavy atom. The third kappa shape index (κ3) is 4.96. The van der Waals surface area contributed by atoms with Crippen LogP contribution in [-0.4, -0.2) is 25.6 Å². The first-order chi connectivity index (χ1) is 7.33. The van der Waals surface area contributed by atoms with Crippen molar-refractivity contribution in [2.45, 2.75) is 13.3 Å². The van der Waals surface area contributed by atoms with E-state index in [2.05, 4.69) is 15.3 Å². The second kappa shape index (κ2) is 6.76. The molecule has 0 aromatic heterocycles. The summed E-state index contributed by atoms with van der Waals surface area (Å²) in [6, 6.07) is 10.0. The van der Waals surface area contributed by atoms with Crippen LogP contribution in [0.2, 0.25) is 0 Å². The average Bonchev–Trinajstić information content (AvgIpc) is 2.29. The van der Waals surface area contributed by atoms with Crippen molar-refractivity contribution >= 4 is 17.6 Å². The molecule has 0 atom stereocenters. The minimum absolute atomic E-state index is 0.612. The molecule has 3 nitrogen and oxygen atoms in total. The van der Waals surface area contributed by atoms with Crippen molar-refractivity contribution in [3.05, 3.63) is 30.3 Å². The zero-order valence-electron chi connectivity index (χ0n) is 9.27. The molecule has 1 rings (SSSR count). The van der Waals surface area contributed by atoms with E-state index in [1.807, 2.05) is 43.5 Å². The van der Waals surface area contributed by atoms with Gasteiger partial charge in [-0.25, -0.2) is 0 Å². The highest BCUT2D eigenvalue weighted by Crippen LogP contribution is 2.03. The van der Waals surface area contributed by atoms with Gasteiger partial charge in [0.05, 0.1) is 0 Å². The van der Waals surface area contributed by atoms with Crippen LogP contribution < -0.4 is 5.32 Å². The summed E-state index contributed by atoms with van der Waals surface area (Å²) in [5.41, 5.74) is 2.19. The SMILES string of the molecule is CN=C(C)CC=NCNc1ccccc1. The van der Waals surface area contributed by atoms with Gasteiger partial charge in [0, 0.05) is 31.1 Å². The van der Waals surface area contributed by atoms with Gasteiger partial charge in [0.1, 0.15) is 6.67 Å². The lowest BCUT2D eigenvalue weighted by Crippen LogP contribution is -1.99. The van der Waals surface area contributed by atoms with Crippen molar-refractivity contribution in [1.29, 1.82) is 0 Å². The maximum atomic E-state index is 4.24. The van der Waals surface area contributed by atoms with E-state index in [9.17, 15) is 0 Å². The summed E-state index contributed by atoms with van der Waals surface area (Å²) in [5, 5.41) is 3.20. The second-order valence-electron chi connectivity index (χ2n) is 3.23. The highest BCUT2D eigenvalue weighted by Gasteiger charge is 1.86. The molecule has 0 spiro atoms. The smallest absolute Gasteiger partial charge is 0.107 e. The molecule has 0 fully saturated rings. The third-order valence-corrected chi connectivity index (χ3v) is 2.05. The summed E-state index contributed by atoms with van der Waals surface area (Å²) < 4.78 is 0. The Bertz CT molecular complexity index is 328. The van der Waals surface area contributed by atoms with Gasteiger partial charge in [0.25, 0.3) is 0 Å². The molecule has 0 heterocycles. The monoisotopic (exact) mass is 203 g/mol. The Morgan fingerprint density at radius 3 is 2.73 bits per heavy atom. The molecule has 0 aliphatic rings. The highest BCUT2D eigenvalue weighted by molar-refractivity contribution is 5.93. The molecule has 1 aromatic rings. The first-order valence-corrected chi connectivity index (χ1v) is 5.02. The fourth-order valence-electron chi connectivity index (χ4n) is 1.05. The molecular weight excluding hydrogens is 186 g/mol. The van der Waals surface area contributed by atoms with E-state index in [4.69, 9.17) is 0 Å². The van der Waals surface area contributed by atoms with Crippen LogP contribution in [-0.2, 0) is 0 Å². The van der Waals surface area contributed by atoms with Crippen LogP contribution in [0.15, 0.2) is 40.3 Å². The van der Waals surface area contributed by atoms with E-state index in [1.54, 1.807) is 7.05 Å². The zero-order valence-corrected chi connectivity index (χ0v) is 9.27. The lowest BCUT2D eigenvalue weighted by molar-refractivity contribution is 1.14. The molecule has 0 unspecified atom stereocenters. The summed E-state index contributed by atoms with van der Waals surface area (Å²) in [6.07, 6.45) is 2.71. The standard InChI is InChI=1S/C12H17N3/c1-11(13-2)8-9-14-10-15-12-6-4-3-5-7-12/h3-7,9,15H,8,10H2,1-2H3. The Morgan fingerprint density at radius 2 is 2.07 bits per heavy atom. The fourth-order valence-corrected chi connectivity index (χ4v) is 1.05. The van der Waals surface area contributed by atoms with Crippen molar-refractivity contribution < 1.29 is 0 Å². The molecule has 0 bridgehead atoms. The molecule has 0 aliphatic carbocycles. The van der Waals surface area contributed by atoms with Gasteiger partial charge in [-0.2, -0.15) is 0 Å². The first kappa shape index (κ1) is 11.4. The number of aliphatic imine (C=N–C) groups is 2. The van der Waals surface area contributed by atoms with Crippen LogP contribution in [0.4, 0.5) is 5.69 Å². The predicted octanol–water partition coefficient (Wildman–Crippen LogP) is 2.61. The third-order valence-electron chi connectivity index (χ3n) is 2.05. The van der Waals surface area contributed by atoms with E-state index in [0.29, 0.717) is 6.67 Å². The number of nitrogens with one attached hydrogen (secondary N) is 1. The topological polar surface area (TPSA) is 36.8 Å². The van der Waals surface area contributed by atoms with Crippen LogP contribution in [0.25, 0.3) is 0 Å². The van der Waals surface area contributed by atoms with E-state index < -0.39 is 0 Å². The van der Waals surface area contributed by atoms with Gasteiger partial charge in [-0.1, -0.05) is 18.2 Å². The number of nitrogens with zero attached hydrogens (tertiary/aromatic N) is 2. The second-order valence-corrected chi connectivity index (χ2v) is 3.23. The largest absolute Gasteiger partial charge is 0.366 e. The van der Waals surface area contributed by atoms with E-state index in [1.165, 1.54) is 0 Å². The predicted molar refractivity (Wildman–Crippen MR) is 67.1 cm³/mol. The normalized spacial score (nSPS) is 12.0. The van der Waals surface area contributed by atoms with Crippen LogP contribution in [0, 0.1) is 0 Å². The summed E-state index contributed by atoms with van der Waals surface area (Å²) in [6.45, 7) is 2.61. The molecule has 0 saturated carbocycles. The first-order valence-electron chi connectivity index (χ1n) is 5.02. The van der Waals surface area contributed by atoms with Gasteiger partial charge in [-0.15, -0.1) is 0 Å². The summed E-state index contributed by atoms with van der Waals surface area (Å²) >= 11 is 0.